The molecule has 2 heterocycles. The maximum Gasteiger partial charge on any atom is 0.419 e. The Balaban J connectivity index is 2.32. The van der Waals surface area contributed by atoms with Gasteiger partial charge < -0.3 is 0 Å². The predicted molar refractivity (Wildman–Crippen MR) is 59.8 cm³/mol. The van der Waals surface area contributed by atoms with Gasteiger partial charge in [-0.25, -0.2) is 9.90 Å². The average molecular weight is 318 g/mol. The van der Waals surface area contributed by atoms with E-state index in [0.717, 1.165) is 6.20 Å². The molecule has 2 aliphatic rings. The van der Waals surface area contributed by atoms with Crippen LogP contribution in [0.25, 0.3) is 0 Å². The van der Waals surface area contributed by atoms with Crippen molar-refractivity contribution in [1.82, 2.24) is 10.2 Å². The van der Waals surface area contributed by atoms with Crippen LogP contribution >= 0.6 is 12.6 Å². The number of rotatable bonds is 2. The number of thiol groups is 1. The smallest absolute Gasteiger partial charge is 0.240 e. The summed E-state index contributed by atoms with van der Waals surface area (Å²) in [6.45, 7) is 0. The summed E-state index contributed by atoms with van der Waals surface area (Å²) in [5.41, 5.74) is 0. The Hall–Kier alpha value is -1.29. The van der Waals surface area contributed by atoms with Crippen LogP contribution in [0.15, 0.2) is 36.7 Å². The van der Waals surface area contributed by atoms with E-state index in [-0.39, 0.29) is 12.3 Å². The Bertz CT molecular complexity index is 482. The van der Waals surface area contributed by atoms with Crippen LogP contribution in [0.5, 0.6) is 0 Å². The Morgan fingerprint density at radius 3 is 2.30 bits per heavy atom. The van der Waals surface area contributed by atoms with Gasteiger partial charge in [-0.15, -0.1) is 17.8 Å². The number of halogens is 6. The van der Waals surface area contributed by atoms with E-state index in [4.69, 9.17) is 0 Å². The summed E-state index contributed by atoms with van der Waals surface area (Å²) in [5.74, 6) is -9.68. The van der Waals surface area contributed by atoms with Gasteiger partial charge in [0.1, 0.15) is 5.37 Å². The molecule has 2 unspecified atom stereocenters. The minimum atomic E-state index is -5.45. The fraction of sp³-hybridized carbons (Fsp3) is 0.400. The summed E-state index contributed by atoms with van der Waals surface area (Å²) in [6, 6.07) is -5.39. The zero-order valence-corrected chi connectivity index (χ0v) is 10.5. The molecule has 0 bridgehead atoms. The van der Waals surface area contributed by atoms with Gasteiger partial charge in [-0.1, -0.05) is 10.6 Å². The third-order valence-corrected chi connectivity index (χ3v) is 3.02. The number of alkyl halides is 5. The van der Waals surface area contributed by atoms with Crippen molar-refractivity contribution in [2.45, 2.75) is 23.2 Å². The van der Waals surface area contributed by atoms with Crippen molar-refractivity contribution >= 4 is 12.6 Å². The molecule has 0 aromatic rings. The first kappa shape index (κ1) is 15.1. The zero-order valence-electron chi connectivity index (χ0n) is 9.56. The molecule has 0 radical (unpaired) electrons. The highest BCUT2D eigenvalue weighted by Gasteiger charge is 2.76. The summed E-state index contributed by atoms with van der Waals surface area (Å²) in [7, 11) is 0. The average Bonchev–Trinajstić information content (AvgIpc) is 2.37. The van der Waals surface area contributed by atoms with E-state index in [1.807, 2.05) is 0 Å². The van der Waals surface area contributed by atoms with Gasteiger partial charge >= 0.3 is 17.8 Å². The van der Waals surface area contributed by atoms with Crippen LogP contribution in [-0.2, 0) is 4.84 Å². The molecular weight excluding hydrogens is 310 g/mol. The summed E-state index contributed by atoms with van der Waals surface area (Å²) in [6.07, 6.45) is 4.82. The molecule has 0 aromatic heterocycles. The maximum atomic E-state index is 14.1. The summed E-state index contributed by atoms with van der Waals surface area (Å²) in [5, 5.41) is -2.03. The quantitative estimate of drug-likeness (QED) is 0.364. The highest BCUT2D eigenvalue weighted by atomic mass is 32.1. The summed E-state index contributed by atoms with van der Waals surface area (Å²) in [4.78, 5) is 4.27. The molecular formula is C10H8F6N2OS. The normalized spacial score (nSPS) is 34.6. The lowest BCUT2D eigenvalue weighted by molar-refractivity contribution is -0.423. The molecule has 0 aromatic carbocycles. The highest BCUT2D eigenvalue weighted by molar-refractivity contribution is 7.81. The van der Waals surface area contributed by atoms with Gasteiger partial charge in [0.2, 0.25) is 0 Å². The van der Waals surface area contributed by atoms with Gasteiger partial charge in [-0.05, 0) is 12.2 Å². The summed E-state index contributed by atoms with van der Waals surface area (Å²) >= 11 is 3.87. The van der Waals surface area contributed by atoms with Crippen LogP contribution in [0.2, 0.25) is 0 Å². The monoisotopic (exact) mass is 318 g/mol. The number of allylic oxidation sites excluding steroid dienone is 2. The van der Waals surface area contributed by atoms with Gasteiger partial charge in [0.25, 0.3) is 0 Å². The molecule has 112 valence electrons. The van der Waals surface area contributed by atoms with Crippen LogP contribution in [0.4, 0.5) is 26.4 Å². The number of hydrogen-bond donors (Lipinski definition) is 1. The van der Waals surface area contributed by atoms with Gasteiger partial charge in [-0.3, -0.25) is 0 Å². The Labute approximate surface area is 115 Å². The van der Waals surface area contributed by atoms with E-state index in [9.17, 15) is 26.4 Å². The van der Waals surface area contributed by atoms with Crippen molar-refractivity contribution in [3.05, 3.63) is 36.7 Å². The van der Waals surface area contributed by atoms with Gasteiger partial charge in [0, 0.05) is 18.5 Å². The Morgan fingerprint density at radius 1 is 1.05 bits per heavy atom. The first-order valence-corrected chi connectivity index (χ1v) is 5.73. The maximum absolute atomic E-state index is 14.1. The first-order valence-electron chi connectivity index (χ1n) is 5.21. The van der Waals surface area contributed by atoms with Gasteiger partial charge in [0.15, 0.2) is 0 Å². The molecule has 2 rings (SSSR count). The van der Waals surface area contributed by atoms with Gasteiger partial charge in [0.05, 0.1) is 0 Å². The van der Waals surface area contributed by atoms with Crippen molar-refractivity contribution in [2.75, 3.05) is 0 Å². The molecule has 0 fully saturated rings. The number of hydrogen-bond acceptors (Lipinski definition) is 4. The molecule has 20 heavy (non-hydrogen) atoms. The van der Waals surface area contributed by atoms with Crippen molar-refractivity contribution in [1.29, 1.82) is 0 Å². The van der Waals surface area contributed by atoms with Crippen LogP contribution in [0.1, 0.15) is 0 Å². The highest BCUT2D eigenvalue weighted by Crippen LogP contribution is 2.51. The molecule has 10 heteroatoms. The topological polar surface area (TPSA) is 15.7 Å². The molecule has 3 nitrogen and oxygen atoms in total. The van der Waals surface area contributed by atoms with Crippen LogP contribution in [0.3, 0.4) is 0 Å². The SMILES string of the molecule is FN1C=CC(F)(ON2C=CC=CC2S)C(F)(F)C1(F)F. The molecule has 2 atom stereocenters. The van der Waals surface area contributed by atoms with Gasteiger partial charge in [-0.2, -0.15) is 22.0 Å². The molecule has 0 saturated heterocycles. The molecule has 0 amide bonds. The van der Waals surface area contributed by atoms with E-state index in [2.05, 4.69) is 17.5 Å². The third kappa shape index (κ3) is 2.06. The van der Waals surface area contributed by atoms with E-state index >= 15 is 0 Å². The first-order chi connectivity index (χ1) is 9.12. The Kier molecular flexibility index (Phi) is 3.49. The van der Waals surface area contributed by atoms with E-state index in [1.165, 1.54) is 18.2 Å². The minimum Gasteiger partial charge on any atom is -0.240 e. The lowest BCUT2D eigenvalue weighted by Gasteiger charge is -2.42. The third-order valence-electron chi connectivity index (χ3n) is 2.62. The fourth-order valence-corrected chi connectivity index (χ4v) is 1.72. The largest absolute Gasteiger partial charge is 0.419 e. The lowest BCUT2D eigenvalue weighted by atomic mass is 10.1. The second-order valence-electron chi connectivity index (χ2n) is 3.98. The van der Waals surface area contributed by atoms with E-state index in [1.54, 1.807) is 0 Å². The lowest BCUT2D eigenvalue weighted by Crippen LogP contribution is -2.64. The van der Waals surface area contributed by atoms with Crippen molar-refractivity contribution < 1.29 is 31.3 Å². The van der Waals surface area contributed by atoms with Crippen molar-refractivity contribution in [2.24, 2.45) is 0 Å². The predicted octanol–water partition coefficient (Wildman–Crippen LogP) is 3.17. The second-order valence-corrected chi connectivity index (χ2v) is 4.51. The number of hydroxylamine groups is 2. The van der Waals surface area contributed by atoms with Crippen molar-refractivity contribution in [3.63, 3.8) is 0 Å². The van der Waals surface area contributed by atoms with E-state index in [0.29, 0.717) is 5.06 Å². The van der Waals surface area contributed by atoms with Crippen LogP contribution in [-0.4, -0.2) is 33.4 Å². The van der Waals surface area contributed by atoms with E-state index < -0.39 is 28.3 Å². The summed E-state index contributed by atoms with van der Waals surface area (Å²) < 4.78 is 79.9. The fourth-order valence-electron chi connectivity index (χ4n) is 1.50. The molecule has 0 aliphatic carbocycles. The second kappa shape index (κ2) is 4.62. The number of nitrogens with zero attached hydrogens (tertiary/aromatic N) is 2. The molecule has 0 spiro atoms. The molecule has 0 saturated carbocycles. The molecule has 0 N–H and O–H groups in total. The standard InChI is InChI=1S/C10H8F6N2OS/c11-8(19-17-5-2-1-3-7(17)20)4-6-18(16)10(14,15)9(8,12)13/h1-7,20H. The molecule has 2 aliphatic heterocycles. The van der Waals surface area contributed by atoms with Crippen molar-refractivity contribution in [3.8, 4) is 0 Å². The minimum absolute atomic E-state index is 0.128. The van der Waals surface area contributed by atoms with Crippen LogP contribution < -0.4 is 0 Å². The zero-order chi connectivity index (χ0) is 15.2. The van der Waals surface area contributed by atoms with Crippen LogP contribution in [0, 0.1) is 0 Å². The Morgan fingerprint density at radius 2 is 1.70 bits per heavy atom.